The van der Waals surface area contributed by atoms with Gasteiger partial charge in [0.15, 0.2) is 0 Å². The highest BCUT2D eigenvalue weighted by Gasteiger charge is 2.00. The second-order valence-electron chi connectivity index (χ2n) is 3.52. The molecule has 94 valence electrons. The topological polar surface area (TPSA) is 73.1 Å². The summed E-state index contributed by atoms with van der Waals surface area (Å²) < 4.78 is 5.36. The molecule has 0 aliphatic rings. The highest BCUT2D eigenvalue weighted by Crippen LogP contribution is 2.00. The summed E-state index contributed by atoms with van der Waals surface area (Å²) in [6.45, 7) is 4.42. The van der Waals surface area contributed by atoms with Gasteiger partial charge in [-0.15, -0.1) is 0 Å². The maximum absolute atomic E-state index is 5.49. The van der Waals surface area contributed by atoms with E-state index in [4.69, 9.17) is 22.7 Å². The molecule has 0 aromatic carbocycles. The fraction of sp³-hybridized carbons (Fsp3) is 0.545. The number of nitrogens with zero attached hydrogens (tertiary/aromatic N) is 2. The molecule has 5 nitrogen and oxygen atoms in total. The van der Waals surface area contributed by atoms with E-state index in [1.807, 2.05) is 0 Å². The third-order valence-corrected chi connectivity index (χ3v) is 2.21. The van der Waals surface area contributed by atoms with E-state index >= 15 is 0 Å². The minimum atomic E-state index is 0.279. The molecule has 0 aliphatic heterocycles. The van der Waals surface area contributed by atoms with Gasteiger partial charge in [-0.1, -0.05) is 19.1 Å². The van der Waals surface area contributed by atoms with Gasteiger partial charge in [0.2, 0.25) is 5.95 Å². The molecule has 1 aromatic rings. The second kappa shape index (κ2) is 7.92. The van der Waals surface area contributed by atoms with Gasteiger partial charge in [-0.3, -0.25) is 0 Å². The van der Waals surface area contributed by atoms with Crippen LogP contribution in [0.4, 0.5) is 5.95 Å². The lowest BCUT2D eigenvalue weighted by Gasteiger charge is -2.06. The van der Waals surface area contributed by atoms with E-state index in [2.05, 4.69) is 22.2 Å². The van der Waals surface area contributed by atoms with Gasteiger partial charge in [-0.25, -0.2) is 9.97 Å². The quantitative estimate of drug-likeness (QED) is 0.539. The highest BCUT2D eigenvalue weighted by atomic mass is 32.1. The molecule has 1 heterocycles. The Morgan fingerprint density at radius 3 is 3.06 bits per heavy atom. The molecule has 0 unspecified atom stereocenters. The van der Waals surface area contributed by atoms with Crippen molar-refractivity contribution >= 4 is 23.2 Å². The largest absolute Gasteiger partial charge is 0.388 e. The maximum atomic E-state index is 5.49. The molecular weight excluding hydrogens is 236 g/mol. The molecule has 1 rings (SSSR count). The van der Waals surface area contributed by atoms with Crippen molar-refractivity contribution in [1.29, 1.82) is 0 Å². The molecule has 3 N–H and O–H groups in total. The Kier molecular flexibility index (Phi) is 6.42. The summed E-state index contributed by atoms with van der Waals surface area (Å²) in [5, 5.41) is 3.10. The van der Waals surface area contributed by atoms with E-state index in [9.17, 15) is 0 Å². The number of hydrogen-bond donors (Lipinski definition) is 2. The van der Waals surface area contributed by atoms with Crippen molar-refractivity contribution < 1.29 is 4.74 Å². The Hall–Kier alpha value is -1.27. The average Bonchev–Trinajstić information content (AvgIpc) is 2.34. The van der Waals surface area contributed by atoms with Crippen LogP contribution in [0.1, 0.15) is 25.5 Å². The zero-order chi connectivity index (χ0) is 12.5. The van der Waals surface area contributed by atoms with E-state index in [0.29, 0.717) is 11.6 Å². The lowest BCUT2D eigenvalue weighted by Crippen LogP contribution is -2.14. The van der Waals surface area contributed by atoms with E-state index in [-0.39, 0.29) is 4.99 Å². The lowest BCUT2D eigenvalue weighted by molar-refractivity contribution is 0.134. The van der Waals surface area contributed by atoms with Gasteiger partial charge in [0.05, 0.1) is 0 Å². The number of hydrogen-bond acceptors (Lipinski definition) is 5. The Bertz CT molecular complexity index is 359. The van der Waals surface area contributed by atoms with Crippen LogP contribution in [0.25, 0.3) is 0 Å². The van der Waals surface area contributed by atoms with Crippen LogP contribution in [0.15, 0.2) is 12.3 Å². The number of thiocarbonyl (C=S) groups is 1. The Morgan fingerprint density at radius 1 is 1.53 bits per heavy atom. The molecule has 0 spiro atoms. The Morgan fingerprint density at radius 2 is 2.35 bits per heavy atom. The van der Waals surface area contributed by atoms with Crippen molar-refractivity contribution in [3.8, 4) is 0 Å². The van der Waals surface area contributed by atoms with E-state index in [0.717, 1.165) is 32.6 Å². The molecule has 17 heavy (non-hydrogen) atoms. The van der Waals surface area contributed by atoms with Gasteiger partial charge in [-0.05, 0) is 18.9 Å². The summed E-state index contributed by atoms with van der Waals surface area (Å²) in [5.74, 6) is 0.547. The van der Waals surface area contributed by atoms with Crippen LogP contribution < -0.4 is 11.1 Å². The smallest absolute Gasteiger partial charge is 0.223 e. The fourth-order valence-corrected chi connectivity index (χ4v) is 1.32. The number of anilines is 1. The van der Waals surface area contributed by atoms with Gasteiger partial charge in [-0.2, -0.15) is 0 Å². The van der Waals surface area contributed by atoms with E-state index in [1.165, 1.54) is 0 Å². The van der Waals surface area contributed by atoms with Crippen molar-refractivity contribution in [3.05, 3.63) is 18.0 Å². The number of ether oxygens (including phenoxy) is 1. The van der Waals surface area contributed by atoms with Crippen LogP contribution in [0.2, 0.25) is 0 Å². The highest BCUT2D eigenvalue weighted by molar-refractivity contribution is 7.80. The van der Waals surface area contributed by atoms with E-state index in [1.54, 1.807) is 12.3 Å². The van der Waals surface area contributed by atoms with Crippen LogP contribution in [0.3, 0.4) is 0 Å². The molecule has 0 saturated heterocycles. The summed E-state index contributed by atoms with van der Waals surface area (Å²) in [4.78, 5) is 8.53. The van der Waals surface area contributed by atoms with Gasteiger partial charge >= 0.3 is 0 Å². The Balaban J connectivity index is 2.27. The Labute approximate surface area is 107 Å². The lowest BCUT2D eigenvalue weighted by atomic mass is 10.4. The first-order chi connectivity index (χ1) is 8.24. The van der Waals surface area contributed by atoms with Crippen molar-refractivity contribution in [2.45, 2.75) is 19.8 Å². The molecule has 0 amide bonds. The normalized spacial score (nSPS) is 10.2. The SMILES string of the molecule is CCCOCCCNc1nccc(C(N)=S)n1. The zero-order valence-corrected chi connectivity index (χ0v) is 10.8. The molecule has 0 bridgehead atoms. The van der Waals surface area contributed by atoms with Gasteiger partial charge < -0.3 is 15.8 Å². The predicted molar refractivity (Wildman–Crippen MR) is 72.1 cm³/mol. The number of aromatic nitrogens is 2. The minimum absolute atomic E-state index is 0.279. The molecule has 0 aliphatic carbocycles. The zero-order valence-electron chi connectivity index (χ0n) is 9.98. The number of rotatable bonds is 8. The van der Waals surface area contributed by atoms with Crippen LogP contribution in [0.5, 0.6) is 0 Å². The van der Waals surface area contributed by atoms with Crippen molar-refractivity contribution in [1.82, 2.24) is 9.97 Å². The second-order valence-corrected chi connectivity index (χ2v) is 3.96. The van der Waals surface area contributed by atoms with Crippen LogP contribution in [-0.4, -0.2) is 34.7 Å². The average molecular weight is 254 g/mol. The fourth-order valence-electron chi connectivity index (χ4n) is 1.20. The van der Waals surface area contributed by atoms with Crippen LogP contribution in [0, 0.1) is 0 Å². The summed E-state index contributed by atoms with van der Waals surface area (Å²) in [7, 11) is 0. The first kappa shape index (κ1) is 13.8. The number of nitrogens with one attached hydrogen (secondary N) is 1. The van der Waals surface area contributed by atoms with Gasteiger partial charge in [0.1, 0.15) is 10.7 Å². The summed E-state index contributed by atoms with van der Waals surface area (Å²) in [5.41, 5.74) is 6.07. The minimum Gasteiger partial charge on any atom is -0.388 e. The van der Waals surface area contributed by atoms with Crippen molar-refractivity contribution in [2.75, 3.05) is 25.1 Å². The molecule has 0 atom stereocenters. The monoisotopic (exact) mass is 254 g/mol. The maximum Gasteiger partial charge on any atom is 0.223 e. The molecule has 0 fully saturated rings. The summed E-state index contributed by atoms with van der Waals surface area (Å²) in [6, 6.07) is 1.69. The molecule has 6 heteroatoms. The van der Waals surface area contributed by atoms with Crippen LogP contribution in [-0.2, 0) is 4.74 Å². The van der Waals surface area contributed by atoms with Crippen molar-refractivity contribution in [3.63, 3.8) is 0 Å². The summed E-state index contributed by atoms with van der Waals surface area (Å²) >= 11 is 4.84. The standard InChI is InChI=1S/C11H18N4OS/c1-2-7-16-8-3-5-13-11-14-6-4-9(15-11)10(12)17/h4,6H,2-3,5,7-8H2,1H3,(H2,12,17)(H,13,14,15). The van der Waals surface area contributed by atoms with Crippen molar-refractivity contribution in [2.24, 2.45) is 5.73 Å². The first-order valence-corrected chi connectivity index (χ1v) is 6.09. The molecule has 0 saturated carbocycles. The predicted octanol–water partition coefficient (Wildman–Crippen LogP) is 1.34. The third kappa shape index (κ3) is 5.55. The molecule has 0 radical (unpaired) electrons. The number of nitrogens with two attached hydrogens (primary N) is 1. The van der Waals surface area contributed by atoms with Gasteiger partial charge in [0, 0.05) is 26.0 Å². The molecule has 1 aromatic heterocycles. The van der Waals surface area contributed by atoms with E-state index < -0.39 is 0 Å². The summed E-state index contributed by atoms with van der Waals surface area (Å²) in [6.07, 6.45) is 3.60. The first-order valence-electron chi connectivity index (χ1n) is 5.68. The molecular formula is C11H18N4OS. The van der Waals surface area contributed by atoms with Crippen LogP contribution >= 0.6 is 12.2 Å². The van der Waals surface area contributed by atoms with Gasteiger partial charge in [0.25, 0.3) is 0 Å². The third-order valence-electron chi connectivity index (χ3n) is 2.01.